The molecule has 0 spiro atoms. The number of aromatic nitrogens is 3. The van der Waals surface area contributed by atoms with E-state index in [9.17, 15) is 15.6 Å². The molecule has 0 aliphatic carbocycles. The number of hydrogen-bond acceptors (Lipinski definition) is 9. The van der Waals surface area contributed by atoms with E-state index in [-0.39, 0.29) is 17.1 Å². The molecule has 0 amide bonds. The predicted molar refractivity (Wildman–Crippen MR) is 106 cm³/mol. The summed E-state index contributed by atoms with van der Waals surface area (Å²) in [4.78, 5) is 11.5. The van der Waals surface area contributed by atoms with E-state index in [1.807, 2.05) is 0 Å². The van der Waals surface area contributed by atoms with Gasteiger partial charge in [-0.3, -0.25) is 15.0 Å². The number of rotatable bonds is 3. The standard InChI is InChI=1S/3C6H6N2O.Cu/c3*9-8-5-6-3-1-2-4-7-6;/h3*1-5,9H;/p-3. The summed E-state index contributed by atoms with van der Waals surface area (Å²) < 4.78 is 0. The normalized spacial score (nSPS) is 9.86. The van der Waals surface area contributed by atoms with Gasteiger partial charge in [0, 0.05) is 54.3 Å². The van der Waals surface area contributed by atoms with Crippen LogP contribution >= 0.6 is 0 Å². The molecule has 1 radical (unpaired) electrons. The van der Waals surface area contributed by atoms with Crippen molar-refractivity contribution in [2.24, 2.45) is 15.5 Å². The van der Waals surface area contributed by atoms with E-state index < -0.39 is 0 Å². The summed E-state index contributed by atoms with van der Waals surface area (Å²) in [5.74, 6) is 0. The molecule has 3 aromatic heterocycles. The summed E-state index contributed by atoms with van der Waals surface area (Å²) in [6, 6.07) is 15.9. The Kier molecular flexibility index (Phi) is 14.7. The minimum absolute atomic E-state index is 0. The second kappa shape index (κ2) is 16.8. The Morgan fingerprint density at radius 1 is 0.536 bits per heavy atom. The van der Waals surface area contributed by atoms with Crippen LogP contribution < -0.4 is 0 Å². The van der Waals surface area contributed by atoms with Crippen molar-refractivity contribution in [3.63, 3.8) is 0 Å². The average molecular weight is 427 g/mol. The Morgan fingerprint density at radius 3 is 1.00 bits per heavy atom. The Hall–Kier alpha value is -3.62. The van der Waals surface area contributed by atoms with Gasteiger partial charge in [0.1, 0.15) is 0 Å². The van der Waals surface area contributed by atoms with Gasteiger partial charge in [0.05, 0.1) is 17.1 Å². The van der Waals surface area contributed by atoms with E-state index in [0.717, 1.165) is 0 Å². The molecule has 10 heteroatoms. The van der Waals surface area contributed by atoms with Crippen LogP contribution in [0.5, 0.6) is 0 Å². The van der Waals surface area contributed by atoms with Crippen LogP contribution in [-0.2, 0) is 17.1 Å². The first-order valence-corrected chi connectivity index (χ1v) is 7.50. The van der Waals surface area contributed by atoms with Crippen LogP contribution in [0.4, 0.5) is 0 Å². The Morgan fingerprint density at radius 2 is 0.821 bits per heavy atom. The van der Waals surface area contributed by atoms with E-state index in [0.29, 0.717) is 17.1 Å². The van der Waals surface area contributed by atoms with Crippen LogP contribution in [0.15, 0.2) is 88.7 Å². The maximum absolute atomic E-state index is 9.63. The van der Waals surface area contributed by atoms with Crippen molar-refractivity contribution in [3.8, 4) is 0 Å². The van der Waals surface area contributed by atoms with Gasteiger partial charge in [0.2, 0.25) is 0 Å². The third-order valence-corrected chi connectivity index (χ3v) is 2.62. The van der Waals surface area contributed by atoms with Crippen molar-refractivity contribution in [1.29, 1.82) is 0 Å². The molecule has 0 unspecified atom stereocenters. The Bertz CT molecular complexity index is 706. The fraction of sp³-hybridized carbons (Fsp3) is 0. The largest absolute Gasteiger partial charge is 0.792 e. The van der Waals surface area contributed by atoms with Crippen molar-refractivity contribution in [1.82, 2.24) is 15.0 Å². The fourth-order valence-electron chi connectivity index (χ4n) is 1.52. The van der Waals surface area contributed by atoms with Gasteiger partial charge in [0.15, 0.2) is 0 Å². The minimum atomic E-state index is 0. The van der Waals surface area contributed by atoms with E-state index >= 15 is 0 Å². The smallest absolute Gasteiger partial charge is 0.0804 e. The summed E-state index contributed by atoms with van der Waals surface area (Å²) >= 11 is 0. The fourth-order valence-corrected chi connectivity index (χ4v) is 1.52. The molecule has 0 aliphatic heterocycles. The summed E-state index contributed by atoms with van der Waals surface area (Å²) in [6.07, 6.45) is 8.32. The van der Waals surface area contributed by atoms with Crippen LogP contribution in [0.1, 0.15) is 17.1 Å². The van der Waals surface area contributed by atoms with Crippen LogP contribution in [0.2, 0.25) is 0 Å². The minimum Gasteiger partial charge on any atom is -0.792 e. The van der Waals surface area contributed by atoms with Crippen molar-refractivity contribution in [2.75, 3.05) is 0 Å². The first kappa shape index (κ1) is 24.4. The summed E-state index contributed by atoms with van der Waals surface area (Å²) in [7, 11) is 0. The molecule has 9 nitrogen and oxygen atoms in total. The van der Waals surface area contributed by atoms with Crippen LogP contribution in [0, 0.1) is 15.6 Å². The molecule has 0 saturated heterocycles. The van der Waals surface area contributed by atoms with Gasteiger partial charge in [-0.25, -0.2) is 0 Å². The molecule has 0 aromatic carbocycles. The number of hydrogen-bond donors (Lipinski definition) is 0. The molecule has 28 heavy (non-hydrogen) atoms. The van der Waals surface area contributed by atoms with Crippen LogP contribution in [0.3, 0.4) is 0 Å². The second-order valence-corrected chi connectivity index (χ2v) is 4.47. The molecule has 0 bridgehead atoms. The van der Waals surface area contributed by atoms with Gasteiger partial charge < -0.3 is 31.1 Å². The predicted octanol–water partition coefficient (Wildman–Crippen LogP) is 2.99. The van der Waals surface area contributed by atoms with Gasteiger partial charge in [-0.15, -0.1) is 0 Å². The monoisotopic (exact) mass is 426 g/mol. The number of pyridine rings is 3. The molecule has 3 rings (SSSR count). The molecule has 3 heterocycles. The average Bonchev–Trinajstić information content (AvgIpc) is 2.72. The quantitative estimate of drug-likeness (QED) is 0.357. The molecule has 0 N–H and O–H groups in total. The van der Waals surface area contributed by atoms with E-state index in [1.165, 1.54) is 18.6 Å². The third-order valence-electron chi connectivity index (χ3n) is 2.62. The maximum atomic E-state index is 9.63. The molecule has 0 atom stereocenters. The zero-order valence-electron chi connectivity index (χ0n) is 14.4. The topological polar surface area (TPSA) is 145 Å². The molecule has 149 valence electrons. The molecule has 0 aliphatic rings. The molecule has 3 aromatic rings. The Balaban J connectivity index is 0.000000384. The van der Waals surface area contributed by atoms with E-state index in [2.05, 4.69) is 30.4 Å². The van der Waals surface area contributed by atoms with Gasteiger partial charge in [0.25, 0.3) is 0 Å². The van der Waals surface area contributed by atoms with Gasteiger partial charge in [-0.05, 0) is 36.4 Å². The van der Waals surface area contributed by atoms with Crippen molar-refractivity contribution in [2.45, 2.75) is 0 Å². The SMILES string of the molecule is [Cu].[O-]N=Cc1ccccn1.[O-]N=Cc1ccccn1.[O-]N=Cc1ccccn1. The number of nitrogens with zero attached hydrogens (tertiary/aromatic N) is 6. The molecule has 0 fully saturated rings. The van der Waals surface area contributed by atoms with Gasteiger partial charge in [-0.2, -0.15) is 0 Å². The van der Waals surface area contributed by atoms with E-state index in [1.54, 1.807) is 73.2 Å². The molecular formula is C18H15CuN6O3-3. The van der Waals surface area contributed by atoms with Crippen LogP contribution in [-0.4, -0.2) is 33.6 Å². The van der Waals surface area contributed by atoms with Gasteiger partial charge >= 0.3 is 0 Å². The first-order chi connectivity index (χ1) is 13.3. The first-order valence-electron chi connectivity index (χ1n) is 7.50. The summed E-state index contributed by atoms with van der Waals surface area (Å²) in [5, 5.41) is 36.6. The van der Waals surface area contributed by atoms with Gasteiger partial charge in [-0.1, -0.05) is 18.2 Å². The third kappa shape index (κ3) is 11.9. The molecular weight excluding hydrogens is 412 g/mol. The van der Waals surface area contributed by atoms with Crippen molar-refractivity contribution < 1.29 is 17.1 Å². The summed E-state index contributed by atoms with van der Waals surface area (Å²) in [6.45, 7) is 0. The van der Waals surface area contributed by atoms with Crippen LogP contribution in [0.25, 0.3) is 0 Å². The maximum Gasteiger partial charge on any atom is 0.0804 e. The summed E-state index contributed by atoms with van der Waals surface area (Å²) in [5.41, 5.74) is 1.77. The van der Waals surface area contributed by atoms with Crippen molar-refractivity contribution >= 4 is 18.6 Å². The zero-order chi connectivity index (χ0) is 19.6. The van der Waals surface area contributed by atoms with Crippen molar-refractivity contribution in [3.05, 3.63) is 106 Å². The Labute approximate surface area is 172 Å². The zero-order valence-corrected chi connectivity index (χ0v) is 15.3. The molecule has 0 saturated carbocycles. The second-order valence-electron chi connectivity index (χ2n) is 4.47. The van der Waals surface area contributed by atoms with E-state index in [4.69, 9.17) is 0 Å².